The zero-order valence-electron chi connectivity index (χ0n) is 12.1. The number of urea groups is 1. The molecule has 0 aliphatic heterocycles. The summed E-state index contributed by atoms with van der Waals surface area (Å²) in [6.07, 6.45) is 2.51. The van der Waals surface area contributed by atoms with E-state index < -0.39 is 0 Å². The minimum Gasteiger partial charge on any atom is -0.395 e. The molecular weight excluding hydrogens is 252 g/mol. The summed E-state index contributed by atoms with van der Waals surface area (Å²) in [6, 6.07) is 5.41. The Bertz CT molecular complexity index is 501. The smallest absolute Gasteiger partial charge is 0.319 e. The molecule has 3 N–H and O–H groups in total. The first-order valence-electron chi connectivity index (χ1n) is 6.92. The molecule has 0 saturated heterocycles. The first-order valence-corrected chi connectivity index (χ1v) is 6.92. The summed E-state index contributed by atoms with van der Waals surface area (Å²) in [6.45, 7) is 4.79. The van der Waals surface area contributed by atoms with E-state index in [9.17, 15) is 4.79 Å². The Morgan fingerprint density at radius 1 is 1.40 bits per heavy atom. The molecule has 4 heteroatoms. The fourth-order valence-corrected chi connectivity index (χ4v) is 1.65. The summed E-state index contributed by atoms with van der Waals surface area (Å²) in [5, 5.41) is 14.3. The van der Waals surface area contributed by atoms with Crippen LogP contribution in [-0.4, -0.2) is 24.3 Å². The third-order valence-electron chi connectivity index (χ3n) is 2.76. The molecule has 0 atom stereocenters. The topological polar surface area (TPSA) is 61.4 Å². The van der Waals surface area contributed by atoms with Crippen molar-refractivity contribution in [1.29, 1.82) is 0 Å². The molecule has 0 aliphatic rings. The normalized spacial score (nSPS) is 9.55. The Morgan fingerprint density at radius 3 is 2.85 bits per heavy atom. The highest BCUT2D eigenvalue weighted by molar-refractivity contribution is 5.89. The largest absolute Gasteiger partial charge is 0.395 e. The summed E-state index contributed by atoms with van der Waals surface area (Å²) >= 11 is 0. The molecule has 0 heterocycles. The van der Waals surface area contributed by atoms with Gasteiger partial charge in [0.25, 0.3) is 0 Å². The van der Waals surface area contributed by atoms with Gasteiger partial charge in [0.1, 0.15) is 0 Å². The Hall–Kier alpha value is -1.99. The Morgan fingerprint density at radius 2 is 2.20 bits per heavy atom. The molecule has 0 saturated carbocycles. The number of hydrogen-bond acceptors (Lipinski definition) is 2. The molecule has 0 unspecified atom stereocenters. The molecule has 20 heavy (non-hydrogen) atoms. The lowest BCUT2D eigenvalue weighted by atomic mass is 10.1. The number of aryl methyl sites for hydroxylation is 1. The lowest BCUT2D eigenvalue weighted by Crippen LogP contribution is -2.29. The Kier molecular flexibility index (Phi) is 7.23. The lowest BCUT2D eigenvalue weighted by Gasteiger charge is -2.08. The maximum atomic E-state index is 11.6. The molecule has 0 aliphatic carbocycles. The summed E-state index contributed by atoms with van der Waals surface area (Å²) in [5.74, 6) is 5.89. The van der Waals surface area contributed by atoms with E-state index in [0.717, 1.165) is 29.7 Å². The van der Waals surface area contributed by atoms with Crippen LogP contribution in [-0.2, 0) is 0 Å². The average Bonchev–Trinajstić information content (AvgIpc) is 2.42. The molecule has 0 bridgehead atoms. The van der Waals surface area contributed by atoms with Crippen LogP contribution >= 0.6 is 0 Å². The molecule has 0 fully saturated rings. The van der Waals surface area contributed by atoms with Gasteiger partial charge in [0.05, 0.1) is 6.61 Å². The molecule has 0 aromatic heterocycles. The molecule has 108 valence electrons. The lowest BCUT2D eigenvalue weighted by molar-refractivity contribution is 0.252. The first kappa shape index (κ1) is 16.1. The van der Waals surface area contributed by atoms with E-state index in [4.69, 9.17) is 5.11 Å². The maximum Gasteiger partial charge on any atom is 0.319 e. The van der Waals surface area contributed by atoms with Crippen molar-refractivity contribution in [2.75, 3.05) is 18.5 Å². The number of nitrogens with one attached hydrogen (secondary N) is 2. The van der Waals surface area contributed by atoms with E-state index in [2.05, 4.69) is 29.4 Å². The summed E-state index contributed by atoms with van der Waals surface area (Å²) in [4.78, 5) is 11.6. The molecule has 4 nitrogen and oxygen atoms in total. The van der Waals surface area contributed by atoms with Crippen molar-refractivity contribution in [1.82, 2.24) is 5.32 Å². The van der Waals surface area contributed by atoms with E-state index in [1.165, 1.54) is 0 Å². The van der Waals surface area contributed by atoms with Crippen LogP contribution in [0.25, 0.3) is 0 Å². The molecule has 0 spiro atoms. The Labute approximate surface area is 120 Å². The van der Waals surface area contributed by atoms with Crippen molar-refractivity contribution >= 4 is 11.7 Å². The second kappa shape index (κ2) is 9.00. The predicted octanol–water partition coefficient (Wildman–Crippen LogP) is 2.65. The van der Waals surface area contributed by atoms with Gasteiger partial charge in [-0.1, -0.05) is 25.2 Å². The molecular formula is C16H22N2O2. The first-order chi connectivity index (χ1) is 9.67. The van der Waals surface area contributed by atoms with Gasteiger partial charge in [-0.15, -0.1) is 0 Å². The van der Waals surface area contributed by atoms with Gasteiger partial charge < -0.3 is 15.7 Å². The van der Waals surface area contributed by atoms with Crippen molar-refractivity contribution in [3.63, 3.8) is 0 Å². The van der Waals surface area contributed by atoms with Crippen LogP contribution in [0.15, 0.2) is 18.2 Å². The van der Waals surface area contributed by atoms with Gasteiger partial charge in [-0.25, -0.2) is 4.79 Å². The van der Waals surface area contributed by atoms with E-state index in [1.807, 2.05) is 25.1 Å². The van der Waals surface area contributed by atoms with E-state index >= 15 is 0 Å². The second-order valence-corrected chi connectivity index (χ2v) is 4.54. The number of amides is 2. The average molecular weight is 274 g/mol. The molecule has 1 aromatic rings. The van der Waals surface area contributed by atoms with Crippen LogP contribution < -0.4 is 10.6 Å². The molecule has 1 aromatic carbocycles. The van der Waals surface area contributed by atoms with E-state index in [-0.39, 0.29) is 12.6 Å². The van der Waals surface area contributed by atoms with Crippen LogP contribution in [0.3, 0.4) is 0 Å². The standard InChI is InChI=1S/C16H22N2O2/c1-3-4-10-17-16(20)18-15-9-8-14(13(2)12-15)7-5-6-11-19/h8-9,12,19H,3-4,6,10-11H2,1-2H3,(H2,17,18,20). The van der Waals surface area contributed by atoms with Crippen molar-refractivity contribution in [3.05, 3.63) is 29.3 Å². The van der Waals surface area contributed by atoms with Gasteiger partial charge in [0.15, 0.2) is 0 Å². The maximum absolute atomic E-state index is 11.6. The van der Waals surface area contributed by atoms with Crippen molar-refractivity contribution < 1.29 is 9.90 Å². The van der Waals surface area contributed by atoms with Crippen LogP contribution in [0.2, 0.25) is 0 Å². The highest BCUT2D eigenvalue weighted by Gasteiger charge is 2.02. The fourth-order valence-electron chi connectivity index (χ4n) is 1.65. The summed E-state index contributed by atoms with van der Waals surface area (Å²) in [5.41, 5.74) is 2.67. The zero-order valence-corrected chi connectivity index (χ0v) is 12.1. The number of rotatable bonds is 5. The van der Waals surface area contributed by atoms with Gasteiger partial charge >= 0.3 is 6.03 Å². The van der Waals surface area contributed by atoms with Crippen molar-refractivity contribution in [2.24, 2.45) is 0 Å². The van der Waals surface area contributed by atoms with Gasteiger partial charge in [-0.2, -0.15) is 0 Å². The quantitative estimate of drug-likeness (QED) is 0.571. The predicted molar refractivity (Wildman–Crippen MR) is 81.7 cm³/mol. The van der Waals surface area contributed by atoms with Crippen LogP contribution in [0.5, 0.6) is 0 Å². The SMILES string of the molecule is CCCCNC(=O)Nc1ccc(C#CCCO)c(C)c1. The number of unbranched alkanes of at least 4 members (excludes halogenated alkanes) is 1. The highest BCUT2D eigenvalue weighted by atomic mass is 16.2. The highest BCUT2D eigenvalue weighted by Crippen LogP contribution is 2.14. The van der Waals surface area contributed by atoms with E-state index in [0.29, 0.717) is 13.0 Å². The van der Waals surface area contributed by atoms with Crippen LogP contribution in [0.4, 0.5) is 10.5 Å². The van der Waals surface area contributed by atoms with Gasteiger partial charge in [-0.05, 0) is 37.1 Å². The van der Waals surface area contributed by atoms with Crippen molar-refractivity contribution in [3.8, 4) is 11.8 Å². The minimum absolute atomic E-state index is 0.0730. The zero-order chi connectivity index (χ0) is 14.8. The number of aliphatic hydroxyl groups excluding tert-OH is 1. The third kappa shape index (κ3) is 5.77. The summed E-state index contributed by atoms with van der Waals surface area (Å²) in [7, 11) is 0. The number of anilines is 1. The molecule has 2 amide bonds. The number of aliphatic hydroxyl groups is 1. The number of carbonyl (C=O) groups is 1. The summed E-state index contributed by atoms with van der Waals surface area (Å²) < 4.78 is 0. The van der Waals surface area contributed by atoms with Crippen LogP contribution in [0.1, 0.15) is 37.3 Å². The van der Waals surface area contributed by atoms with E-state index in [1.54, 1.807) is 0 Å². The second-order valence-electron chi connectivity index (χ2n) is 4.54. The van der Waals surface area contributed by atoms with Gasteiger partial charge in [-0.3, -0.25) is 0 Å². The van der Waals surface area contributed by atoms with Gasteiger partial charge in [0, 0.05) is 24.2 Å². The molecule has 1 rings (SSSR count). The monoisotopic (exact) mass is 274 g/mol. The Balaban J connectivity index is 2.59. The number of benzene rings is 1. The molecule has 0 radical (unpaired) electrons. The van der Waals surface area contributed by atoms with Crippen LogP contribution in [0, 0.1) is 18.8 Å². The number of carbonyl (C=O) groups excluding carboxylic acids is 1. The van der Waals surface area contributed by atoms with Crippen molar-refractivity contribution in [2.45, 2.75) is 33.1 Å². The van der Waals surface area contributed by atoms with Gasteiger partial charge in [0.2, 0.25) is 0 Å². The third-order valence-corrected chi connectivity index (χ3v) is 2.76. The minimum atomic E-state index is -0.183. The fraction of sp³-hybridized carbons (Fsp3) is 0.438. The number of hydrogen-bond donors (Lipinski definition) is 3.